The number of aliphatic hydroxyl groups excluding tert-OH is 1. The molecule has 0 fully saturated rings. The van der Waals surface area contributed by atoms with E-state index in [1.54, 1.807) is 0 Å². The zero-order valence-electron chi connectivity index (χ0n) is 66.7. The Morgan fingerprint density at radius 3 is 1.20 bits per heavy atom. The fraction of sp³-hybridized carbons (Fsp3) is 0.859. The molecule has 0 saturated carbocycles. The van der Waals surface area contributed by atoms with Gasteiger partial charge in [0.15, 0.2) is 0 Å². The summed E-state index contributed by atoms with van der Waals surface area (Å²) in [6.45, 7) is 9.54. The minimum Gasteiger partial charge on any atom is -0.756 e. The van der Waals surface area contributed by atoms with Crippen LogP contribution >= 0.6 is 15.6 Å². The Bertz CT molecular complexity index is 2310. The summed E-state index contributed by atoms with van der Waals surface area (Å²) in [5.74, 6) is -3.73. The third-order valence-corrected chi connectivity index (χ3v) is 19.1. The van der Waals surface area contributed by atoms with Crippen LogP contribution in [-0.4, -0.2) is 143 Å². The number of unbranched alkanes of at least 4 members (excludes halogenated alkanes) is 26. The van der Waals surface area contributed by atoms with Gasteiger partial charge in [0.2, 0.25) is 23.6 Å². The van der Waals surface area contributed by atoms with Gasteiger partial charge in [-0.3, -0.25) is 42.7 Å². The second-order valence-corrected chi connectivity index (χ2v) is 30.1. The van der Waals surface area contributed by atoms with Gasteiger partial charge in [-0.2, -0.15) is 0 Å². The molecule has 0 bridgehead atoms. The van der Waals surface area contributed by atoms with Crippen molar-refractivity contribution in [3.05, 3.63) is 24.3 Å². The summed E-state index contributed by atoms with van der Waals surface area (Å²) in [5, 5.41) is 20.7. The Balaban J connectivity index is -0.0000173. The summed E-state index contributed by atoms with van der Waals surface area (Å²) in [6, 6.07) is -2.05. The molecule has 0 spiro atoms. The van der Waals surface area contributed by atoms with Gasteiger partial charge in [-0.15, -0.1) is 0 Å². The van der Waals surface area contributed by atoms with Gasteiger partial charge < -0.3 is 73.2 Å². The fourth-order valence-corrected chi connectivity index (χ4v) is 12.6. The molecule has 0 aliphatic heterocycles. The van der Waals surface area contributed by atoms with Gasteiger partial charge in [-0.05, 0) is 96.3 Å². The minimum atomic E-state index is -5.07. The van der Waals surface area contributed by atoms with E-state index in [2.05, 4.69) is 87.1 Å². The molecule has 0 aliphatic carbocycles. The monoisotopic (exact) mass is 1570 g/mol. The number of rotatable bonds is 76. The van der Waals surface area contributed by atoms with Crippen molar-refractivity contribution in [3.8, 4) is 0 Å². The van der Waals surface area contributed by atoms with Crippen LogP contribution < -0.4 is 90.2 Å². The molecular formula is C78H146N4Na2O20P2. The summed E-state index contributed by atoms with van der Waals surface area (Å²) in [7, 11) is -10.1. The number of carbonyl (C=O) groups is 7. The molecule has 0 saturated heterocycles. The second-order valence-electron chi connectivity index (χ2n) is 27.3. The maximum absolute atomic E-state index is 13.6. The van der Waals surface area contributed by atoms with E-state index in [-0.39, 0.29) is 143 Å². The SMILES string of the molecule is C.CCCCCC/C=C\CCCC(=O)O[C@H](CCCCCCC)CCOCC(COP(=O)([O-])OCCNC(=O)CC(=O)NCCOP(=O)([O-])OCC(COCC[C@H](O)CCCCCCC)NC(=O)C[C@@H](CCCCCCC)OC(=O)CCC/C=C\CCCCCC)NC(=O)CC(=O)CCCCCCC.[Na+].[Na+]. The Kier molecular flexibility index (Phi) is 81.6. The summed E-state index contributed by atoms with van der Waals surface area (Å²) in [5.41, 5.74) is 0. The molecule has 0 aromatic heterocycles. The number of nitrogens with one attached hydrogen (secondary N) is 4. The van der Waals surface area contributed by atoms with E-state index < -0.39 is 115 Å². The molecule has 4 unspecified atom stereocenters. The molecule has 0 aromatic rings. The van der Waals surface area contributed by atoms with Crippen LogP contribution in [0.3, 0.4) is 0 Å². The summed E-state index contributed by atoms with van der Waals surface area (Å²) in [4.78, 5) is 117. The number of allylic oxidation sites excluding steroid dienone is 4. The van der Waals surface area contributed by atoms with Gasteiger partial charge in [-0.1, -0.05) is 221 Å². The summed E-state index contributed by atoms with van der Waals surface area (Å²) >= 11 is 0. The standard InChI is InChI=1S/C77H144N4O20P2.CH4.2Na/c1-7-13-19-25-27-29-31-37-43-49-76(88)100-70(47-41-35-23-17-11-5)52-56-95-63-66(80-74(86)59-69(83)46-40-34-22-16-10-4)64-98-102(90,91)96-57-53-78-72(84)61-73(85)79-54-58-97-103(92,93)99-65-67(62-94-55-51-68(82)45-39-33-21-15-9-3)81-75(87)60-71(48-42-36-24-18-12-6)101-77(89)50-44-38-32-30-28-26-20-14-8-2;;;/h29-32,66-68,70-71,82H,7-28,33-65H2,1-6H3,(H,78,84)(H,79,85)(H,80,86)(H,81,87)(H,90,91)(H,92,93);1H4;;/q;;2*+1/p-2/b31-29-,32-30-;;;/t66?,67?,68-,70-,71-;;;/m1.../s1. The van der Waals surface area contributed by atoms with E-state index >= 15 is 0 Å². The smallest absolute Gasteiger partial charge is 0.756 e. The average molecular weight is 1570 g/mol. The molecule has 28 heteroatoms. The zero-order valence-corrected chi connectivity index (χ0v) is 72.5. The minimum absolute atomic E-state index is 0. The molecule has 106 heavy (non-hydrogen) atoms. The van der Waals surface area contributed by atoms with Gasteiger partial charge >= 0.3 is 71.1 Å². The molecule has 4 amide bonds. The van der Waals surface area contributed by atoms with Gasteiger partial charge in [0, 0.05) is 45.4 Å². The van der Waals surface area contributed by atoms with E-state index in [4.69, 9.17) is 37.0 Å². The van der Waals surface area contributed by atoms with Crippen LogP contribution in [-0.2, 0) is 79.7 Å². The van der Waals surface area contributed by atoms with E-state index in [1.807, 2.05) is 0 Å². The molecule has 0 heterocycles. The summed E-state index contributed by atoms with van der Waals surface area (Å²) < 4.78 is 69.7. The number of ether oxygens (including phenoxy) is 4. The van der Waals surface area contributed by atoms with Crippen LogP contribution in [0.15, 0.2) is 24.3 Å². The number of amides is 4. The normalized spacial score (nSPS) is 13.9. The van der Waals surface area contributed by atoms with Gasteiger partial charge in [0.25, 0.3) is 15.6 Å². The first-order valence-corrected chi connectivity index (χ1v) is 43.0. The zero-order chi connectivity index (χ0) is 76.1. The number of ketones is 1. The van der Waals surface area contributed by atoms with E-state index in [1.165, 1.54) is 38.5 Å². The first kappa shape index (κ1) is 110. The van der Waals surface area contributed by atoms with Crippen molar-refractivity contribution in [2.45, 2.75) is 368 Å². The van der Waals surface area contributed by atoms with Gasteiger partial charge in [0.05, 0.1) is 77.3 Å². The van der Waals surface area contributed by atoms with Crippen molar-refractivity contribution >= 4 is 57.0 Å². The topological polar surface area (TPSA) is 342 Å². The average Bonchev–Trinajstić information content (AvgIpc) is 0.889. The molecule has 0 aromatic carbocycles. The number of hydrogen-bond donors (Lipinski definition) is 5. The number of phosphoric ester groups is 2. The first-order chi connectivity index (χ1) is 49.7. The third-order valence-electron chi connectivity index (χ3n) is 17.2. The van der Waals surface area contributed by atoms with Gasteiger partial charge in [-0.25, -0.2) is 0 Å². The van der Waals surface area contributed by atoms with Crippen LogP contribution in [0.1, 0.15) is 338 Å². The molecule has 5 N–H and O–H groups in total. The molecule has 610 valence electrons. The molecule has 7 atom stereocenters. The van der Waals surface area contributed by atoms with Crippen LogP contribution in [0.25, 0.3) is 0 Å². The molecule has 0 rings (SSSR count). The van der Waals surface area contributed by atoms with E-state index in [0.29, 0.717) is 51.4 Å². The quantitative estimate of drug-likeness (QED) is 0.00944. The number of hydrogen-bond acceptors (Lipinski definition) is 20. The second kappa shape index (κ2) is 78.3. The van der Waals surface area contributed by atoms with Crippen molar-refractivity contribution in [1.82, 2.24) is 21.3 Å². The number of Topliss-reactive ketones (excluding diaryl/α,β-unsaturated/α-hetero) is 1. The van der Waals surface area contributed by atoms with Crippen molar-refractivity contribution in [1.29, 1.82) is 0 Å². The molecule has 24 nitrogen and oxygen atoms in total. The third kappa shape index (κ3) is 74.8. The van der Waals surface area contributed by atoms with Crippen molar-refractivity contribution < 1.29 is 154 Å². The van der Waals surface area contributed by atoms with E-state index in [9.17, 15) is 57.6 Å². The largest absolute Gasteiger partial charge is 1.00 e. The predicted molar refractivity (Wildman–Crippen MR) is 408 cm³/mol. The van der Waals surface area contributed by atoms with Crippen molar-refractivity contribution in [2.24, 2.45) is 0 Å². The van der Waals surface area contributed by atoms with Crippen LogP contribution in [0, 0.1) is 0 Å². The fourth-order valence-electron chi connectivity index (χ4n) is 11.1. The number of esters is 2. The Hall–Kier alpha value is -1.93. The van der Waals surface area contributed by atoms with Gasteiger partial charge in [0.1, 0.15) is 24.4 Å². The maximum Gasteiger partial charge on any atom is 1.00 e. The van der Waals surface area contributed by atoms with Crippen molar-refractivity contribution in [2.75, 3.05) is 65.9 Å². The number of aliphatic hydroxyl groups is 1. The van der Waals surface area contributed by atoms with Crippen LogP contribution in [0.4, 0.5) is 0 Å². The molecule has 0 aliphatic rings. The maximum atomic E-state index is 13.6. The molecule has 0 radical (unpaired) electrons. The Labute approximate surface area is 685 Å². The van der Waals surface area contributed by atoms with Crippen molar-refractivity contribution in [3.63, 3.8) is 0 Å². The Morgan fingerprint density at radius 1 is 0.387 bits per heavy atom. The molecular weight excluding hydrogens is 1420 g/mol. The Morgan fingerprint density at radius 2 is 0.755 bits per heavy atom. The number of phosphoric acid groups is 2. The first-order valence-electron chi connectivity index (χ1n) is 40.1. The summed E-state index contributed by atoms with van der Waals surface area (Å²) in [6.07, 6.45) is 42.7. The number of carbonyl (C=O) groups excluding carboxylic acids is 7. The van der Waals surface area contributed by atoms with Crippen LogP contribution in [0.2, 0.25) is 0 Å². The van der Waals surface area contributed by atoms with E-state index in [0.717, 1.165) is 161 Å². The predicted octanol–water partition coefficient (Wildman–Crippen LogP) is 9.41. The van der Waals surface area contributed by atoms with Crippen LogP contribution in [0.5, 0.6) is 0 Å².